The molecule has 1 aliphatic rings. The van der Waals surface area contributed by atoms with Gasteiger partial charge in [-0.2, -0.15) is 11.8 Å². The van der Waals surface area contributed by atoms with E-state index in [2.05, 4.69) is 12.1 Å². The summed E-state index contributed by atoms with van der Waals surface area (Å²) < 4.78 is 24.6. The molecule has 0 N–H and O–H groups in total. The SMILES string of the molecule is CS(=O)(=O)N1CCSC(c2ccccc2)CC1. The van der Waals surface area contributed by atoms with Crippen molar-refractivity contribution < 1.29 is 8.42 Å². The van der Waals surface area contributed by atoms with Crippen molar-refractivity contribution in [3.8, 4) is 0 Å². The Labute approximate surface area is 107 Å². The van der Waals surface area contributed by atoms with Crippen molar-refractivity contribution in [2.75, 3.05) is 25.1 Å². The van der Waals surface area contributed by atoms with E-state index >= 15 is 0 Å². The topological polar surface area (TPSA) is 37.4 Å². The van der Waals surface area contributed by atoms with Gasteiger partial charge in [0.2, 0.25) is 10.0 Å². The maximum absolute atomic E-state index is 11.5. The highest BCUT2D eigenvalue weighted by atomic mass is 32.2. The highest BCUT2D eigenvalue weighted by Gasteiger charge is 2.23. The highest BCUT2D eigenvalue weighted by molar-refractivity contribution is 7.99. The lowest BCUT2D eigenvalue weighted by Crippen LogP contribution is -2.31. The Morgan fingerprint density at radius 1 is 1.24 bits per heavy atom. The molecule has 0 bridgehead atoms. The van der Waals surface area contributed by atoms with Gasteiger partial charge in [0.05, 0.1) is 6.26 Å². The van der Waals surface area contributed by atoms with Gasteiger partial charge >= 0.3 is 0 Å². The average Bonchev–Trinajstić information content (AvgIpc) is 2.55. The maximum atomic E-state index is 11.5. The molecule has 17 heavy (non-hydrogen) atoms. The molecule has 1 heterocycles. The summed E-state index contributed by atoms with van der Waals surface area (Å²) in [5.41, 5.74) is 1.30. The minimum Gasteiger partial charge on any atom is -0.213 e. The predicted molar refractivity (Wildman–Crippen MR) is 72.7 cm³/mol. The van der Waals surface area contributed by atoms with Crippen molar-refractivity contribution in [3.63, 3.8) is 0 Å². The number of sulfonamides is 1. The molecule has 3 nitrogen and oxygen atoms in total. The summed E-state index contributed by atoms with van der Waals surface area (Å²) in [5.74, 6) is 0.868. The Kier molecular flexibility index (Phi) is 4.12. The van der Waals surface area contributed by atoms with E-state index in [0.29, 0.717) is 18.3 Å². The van der Waals surface area contributed by atoms with Crippen molar-refractivity contribution in [2.45, 2.75) is 11.7 Å². The van der Waals surface area contributed by atoms with Gasteiger partial charge in [-0.05, 0) is 12.0 Å². The van der Waals surface area contributed by atoms with E-state index in [1.807, 2.05) is 30.0 Å². The number of rotatable bonds is 2. The number of benzene rings is 1. The molecule has 94 valence electrons. The largest absolute Gasteiger partial charge is 0.213 e. The monoisotopic (exact) mass is 271 g/mol. The lowest BCUT2D eigenvalue weighted by Gasteiger charge is -2.17. The highest BCUT2D eigenvalue weighted by Crippen LogP contribution is 2.34. The first-order chi connectivity index (χ1) is 8.07. The summed E-state index contributed by atoms with van der Waals surface area (Å²) in [6.07, 6.45) is 2.18. The quantitative estimate of drug-likeness (QED) is 0.827. The lowest BCUT2D eigenvalue weighted by atomic mass is 10.1. The van der Waals surface area contributed by atoms with Gasteiger partial charge in [-0.3, -0.25) is 0 Å². The van der Waals surface area contributed by atoms with Gasteiger partial charge in [-0.25, -0.2) is 12.7 Å². The molecule has 0 radical (unpaired) electrons. The van der Waals surface area contributed by atoms with Crippen LogP contribution in [-0.2, 0) is 10.0 Å². The van der Waals surface area contributed by atoms with Crippen LogP contribution in [0.3, 0.4) is 0 Å². The van der Waals surface area contributed by atoms with Gasteiger partial charge < -0.3 is 0 Å². The summed E-state index contributed by atoms with van der Waals surface area (Å²) in [4.78, 5) is 0. The third kappa shape index (κ3) is 3.47. The van der Waals surface area contributed by atoms with Gasteiger partial charge in [-0.15, -0.1) is 0 Å². The van der Waals surface area contributed by atoms with Crippen molar-refractivity contribution in [1.82, 2.24) is 4.31 Å². The Balaban J connectivity index is 2.06. The molecule has 1 aromatic carbocycles. The van der Waals surface area contributed by atoms with E-state index in [-0.39, 0.29) is 0 Å². The second kappa shape index (κ2) is 5.42. The zero-order valence-corrected chi connectivity index (χ0v) is 11.5. The minimum absolute atomic E-state index is 0.419. The Morgan fingerprint density at radius 2 is 1.94 bits per heavy atom. The van der Waals surface area contributed by atoms with Crippen LogP contribution in [0.5, 0.6) is 0 Å². The van der Waals surface area contributed by atoms with Crippen molar-refractivity contribution in [3.05, 3.63) is 35.9 Å². The molecule has 0 aliphatic carbocycles. The first-order valence-electron chi connectivity index (χ1n) is 5.69. The van der Waals surface area contributed by atoms with Crippen LogP contribution in [-0.4, -0.2) is 37.8 Å². The Morgan fingerprint density at radius 3 is 2.59 bits per heavy atom. The van der Waals surface area contributed by atoms with Crippen LogP contribution in [0.4, 0.5) is 0 Å². The Hall–Kier alpha value is -0.520. The first-order valence-corrected chi connectivity index (χ1v) is 8.59. The molecular formula is C12H17NO2S2. The molecule has 1 aromatic rings. The minimum atomic E-state index is -3.03. The summed E-state index contributed by atoms with van der Waals surface area (Å²) in [7, 11) is -3.03. The second-order valence-corrected chi connectivity index (χ2v) is 7.51. The van der Waals surface area contributed by atoms with Crippen LogP contribution in [0.15, 0.2) is 30.3 Å². The van der Waals surface area contributed by atoms with E-state index in [1.165, 1.54) is 11.8 Å². The van der Waals surface area contributed by atoms with Gasteiger partial charge in [0, 0.05) is 24.1 Å². The molecule has 0 aromatic heterocycles. The Bertz CT molecular complexity index is 459. The number of hydrogen-bond acceptors (Lipinski definition) is 3. The third-order valence-electron chi connectivity index (χ3n) is 2.94. The number of thioether (sulfide) groups is 1. The zero-order chi connectivity index (χ0) is 12.3. The van der Waals surface area contributed by atoms with Crippen LogP contribution in [0.2, 0.25) is 0 Å². The molecule has 0 amide bonds. The van der Waals surface area contributed by atoms with Crippen molar-refractivity contribution in [2.24, 2.45) is 0 Å². The summed E-state index contributed by atoms with van der Waals surface area (Å²) in [5, 5.41) is 0.419. The first kappa shape index (κ1) is 12.9. The molecule has 0 saturated carbocycles. The normalized spacial score (nSPS) is 23.2. The van der Waals surface area contributed by atoms with Crippen molar-refractivity contribution in [1.29, 1.82) is 0 Å². The summed E-state index contributed by atoms with van der Waals surface area (Å²) in [6, 6.07) is 10.3. The van der Waals surface area contributed by atoms with E-state index in [1.54, 1.807) is 4.31 Å². The molecule has 1 atom stereocenters. The summed E-state index contributed by atoms with van der Waals surface area (Å²) >= 11 is 1.85. The van der Waals surface area contributed by atoms with Crippen LogP contribution < -0.4 is 0 Å². The lowest BCUT2D eigenvalue weighted by molar-refractivity contribution is 0.432. The van der Waals surface area contributed by atoms with Crippen LogP contribution >= 0.6 is 11.8 Å². The molecule has 1 fully saturated rings. The van der Waals surface area contributed by atoms with Crippen LogP contribution in [0, 0.1) is 0 Å². The second-order valence-electron chi connectivity index (χ2n) is 4.22. The fourth-order valence-corrected chi connectivity index (χ4v) is 4.22. The van der Waals surface area contributed by atoms with Crippen LogP contribution in [0.1, 0.15) is 17.2 Å². The summed E-state index contributed by atoms with van der Waals surface area (Å²) in [6.45, 7) is 1.26. The molecule has 1 saturated heterocycles. The molecular weight excluding hydrogens is 254 g/mol. The molecule has 2 rings (SSSR count). The van der Waals surface area contributed by atoms with Gasteiger partial charge in [-0.1, -0.05) is 30.3 Å². The van der Waals surface area contributed by atoms with Gasteiger partial charge in [0.1, 0.15) is 0 Å². The molecule has 1 unspecified atom stereocenters. The third-order valence-corrected chi connectivity index (χ3v) is 5.57. The standard InChI is InChI=1S/C12H17NO2S2/c1-17(14,15)13-8-7-12(16-10-9-13)11-5-3-2-4-6-11/h2-6,12H,7-10H2,1H3. The smallest absolute Gasteiger partial charge is 0.211 e. The molecule has 1 aliphatic heterocycles. The average molecular weight is 271 g/mol. The molecule has 5 heteroatoms. The van der Waals surface area contributed by atoms with Gasteiger partial charge in [0.25, 0.3) is 0 Å². The maximum Gasteiger partial charge on any atom is 0.211 e. The number of nitrogens with zero attached hydrogens (tertiary/aromatic N) is 1. The van der Waals surface area contributed by atoms with Gasteiger partial charge in [0.15, 0.2) is 0 Å². The predicted octanol–water partition coefficient (Wildman–Crippen LogP) is 2.13. The fraction of sp³-hybridized carbons (Fsp3) is 0.500. The fourth-order valence-electron chi connectivity index (χ4n) is 2.02. The van der Waals surface area contributed by atoms with E-state index in [9.17, 15) is 8.42 Å². The zero-order valence-electron chi connectivity index (χ0n) is 9.87. The molecule has 0 spiro atoms. The van der Waals surface area contributed by atoms with E-state index < -0.39 is 10.0 Å². The van der Waals surface area contributed by atoms with Crippen LogP contribution in [0.25, 0.3) is 0 Å². The number of hydrogen-bond donors (Lipinski definition) is 0. The van der Waals surface area contributed by atoms with E-state index in [0.717, 1.165) is 12.2 Å². The van der Waals surface area contributed by atoms with E-state index in [4.69, 9.17) is 0 Å². The van der Waals surface area contributed by atoms with Crippen molar-refractivity contribution >= 4 is 21.8 Å².